The van der Waals surface area contributed by atoms with E-state index in [1.807, 2.05) is 6.92 Å². The van der Waals surface area contributed by atoms with Crippen molar-refractivity contribution in [3.8, 4) is 17.3 Å². The molecule has 2 aromatic carbocycles. The summed E-state index contributed by atoms with van der Waals surface area (Å²) in [4.78, 5) is 30.7. The standard InChI is InChI=1S/C19H17N3O4/c1-12-7-9-13(10-8-12)22-18(24)14(17(23)21-19(22)25)11-20-15-5-3-4-6-16(15)26-2/h3-11,24H,1-2H3,(H,21,23,25). The molecule has 0 aliphatic carbocycles. The quantitative estimate of drug-likeness (QED) is 0.705. The van der Waals surface area contributed by atoms with Gasteiger partial charge in [0.15, 0.2) is 0 Å². The van der Waals surface area contributed by atoms with E-state index >= 15 is 0 Å². The van der Waals surface area contributed by atoms with E-state index in [1.165, 1.54) is 13.3 Å². The second kappa shape index (κ2) is 7.10. The third kappa shape index (κ3) is 3.27. The van der Waals surface area contributed by atoms with Gasteiger partial charge in [0.1, 0.15) is 17.0 Å². The average molecular weight is 351 g/mol. The maximum atomic E-state index is 12.2. The summed E-state index contributed by atoms with van der Waals surface area (Å²) < 4.78 is 6.22. The first-order chi connectivity index (χ1) is 12.5. The molecule has 7 nitrogen and oxygen atoms in total. The number of hydrogen-bond donors (Lipinski definition) is 2. The van der Waals surface area contributed by atoms with Gasteiger partial charge in [0.2, 0.25) is 5.88 Å². The molecule has 0 bridgehead atoms. The highest BCUT2D eigenvalue weighted by Gasteiger charge is 2.14. The number of aryl methyl sites for hydroxylation is 1. The molecule has 1 aromatic heterocycles. The number of aromatic hydroxyl groups is 1. The maximum absolute atomic E-state index is 12.2. The molecule has 1 heterocycles. The largest absolute Gasteiger partial charge is 0.494 e. The normalized spacial score (nSPS) is 11.0. The molecule has 2 N–H and O–H groups in total. The Hall–Kier alpha value is -3.61. The molecule has 0 atom stereocenters. The van der Waals surface area contributed by atoms with Crippen LogP contribution in [-0.2, 0) is 0 Å². The number of ether oxygens (including phenoxy) is 1. The van der Waals surface area contributed by atoms with E-state index in [0.717, 1.165) is 10.1 Å². The van der Waals surface area contributed by atoms with Crippen molar-refractivity contribution in [2.24, 2.45) is 4.99 Å². The van der Waals surface area contributed by atoms with Crippen LogP contribution in [0.15, 0.2) is 63.1 Å². The lowest BCUT2D eigenvalue weighted by Gasteiger charge is -2.10. The first-order valence-corrected chi connectivity index (χ1v) is 7.83. The van der Waals surface area contributed by atoms with Crippen molar-refractivity contribution < 1.29 is 9.84 Å². The number of nitrogens with one attached hydrogen (secondary N) is 1. The van der Waals surface area contributed by atoms with Crippen LogP contribution in [-0.4, -0.2) is 28.0 Å². The Morgan fingerprint density at radius 2 is 1.81 bits per heavy atom. The fourth-order valence-electron chi connectivity index (χ4n) is 2.46. The lowest BCUT2D eigenvalue weighted by Crippen LogP contribution is -2.31. The Morgan fingerprint density at radius 3 is 2.50 bits per heavy atom. The minimum Gasteiger partial charge on any atom is -0.494 e. The Bertz CT molecular complexity index is 1080. The van der Waals surface area contributed by atoms with Crippen LogP contribution < -0.4 is 16.0 Å². The number of aliphatic imine (C=N–C) groups is 1. The van der Waals surface area contributed by atoms with E-state index in [1.54, 1.807) is 48.5 Å². The van der Waals surface area contributed by atoms with E-state index in [0.29, 0.717) is 17.1 Å². The van der Waals surface area contributed by atoms with Gasteiger partial charge >= 0.3 is 5.69 Å². The number of H-pyrrole nitrogens is 1. The molecule has 0 fully saturated rings. The number of para-hydroxylation sites is 2. The lowest BCUT2D eigenvalue weighted by atomic mass is 10.2. The topological polar surface area (TPSA) is 96.7 Å². The second-order valence-electron chi connectivity index (χ2n) is 5.60. The Labute approximate surface area is 148 Å². The molecule has 0 unspecified atom stereocenters. The van der Waals surface area contributed by atoms with Gasteiger partial charge in [-0.15, -0.1) is 0 Å². The lowest BCUT2D eigenvalue weighted by molar-refractivity contribution is 0.416. The molecule has 0 saturated heterocycles. The van der Waals surface area contributed by atoms with Gasteiger partial charge in [0, 0.05) is 6.21 Å². The molecule has 0 radical (unpaired) electrons. The van der Waals surface area contributed by atoms with E-state index < -0.39 is 17.1 Å². The zero-order valence-electron chi connectivity index (χ0n) is 14.3. The van der Waals surface area contributed by atoms with Crippen molar-refractivity contribution in [2.45, 2.75) is 6.92 Å². The SMILES string of the molecule is COc1ccccc1N=Cc1c(O)n(-c2ccc(C)cc2)c(=O)[nH]c1=O. The Balaban J connectivity index is 2.12. The smallest absolute Gasteiger partial charge is 0.335 e. The van der Waals surface area contributed by atoms with Crippen molar-refractivity contribution in [3.63, 3.8) is 0 Å². The van der Waals surface area contributed by atoms with Gasteiger partial charge in [-0.2, -0.15) is 0 Å². The molecule has 0 amide bonds. The molecule has 0 spiro atoms. The molecule has 7 heteroatoms. The first kappa shape index (κ1) is 17.2. The van der Waals surface area contributed by atoms with Crippen LogP contribution in [0.25, 0.3) is 5.69 Å². The van der Waals surface area contributed by atoms with Crippen molar-refractivity contribution in [2.75, 3.05) is 7.11 Å². The van der Waals surface area contributed by atoms with Crippen LogP contribution in [0, 0.1) is 6.92 Å². The van der Waals surface area contributed by atoms with Gasteiger partial charge in [-0.05, 0) is 31.2 Å². The predicted octanol–water partition coefficient (Wildman–Crippen LogP) is 2.30. The summed E-state index contributed by atoms with van der Waals surface area (Å²) in [6, 6.07) is 13.9. The maximum Gasteiger partial charge on any atom is 0.335 e. The molecule has 3 aromatic rings. The molecule has 0 aliphatic rings. The van der Waals surface area contributed by atoms with E-state index in [9.17, 15) is 14.7 Å². The number of aromatic nitrogens is 2. The van der Waals surface area contributed by atoms with Crippen LogP contribution in [0.4, 0.5) is 5.69 Å². The van der Waals surface area contributed by atoms with Crippen molar-refractivity contribution >= 4 is 11.9 Å². The summed E-state index contributed by atoms with van der Waals surface area (Å²) in [7, 11) is 1.51. The van der Waals surface area contributed by atoms with Gasteiger partial charge < -0.3 is 9.84 Å². The molecule has 3 rings (SSSR count). The van der Waals surface area contributed by atoms with Crippen LogP contribution in [0.3, 0.4) is 0 Å². The number of rotatable bonds is 4. The third-order valence-corrected chi connectivity index (χ3v) is 3.83. The monoisotopic (exact) mass is 351 g/mol. The van der Waals surface area contributed by atoms with Crippen LogP contribution in [0.5, 0.6) is 11.6 Å². The van der Waals surface area contributed by atoms with Gasteiger partial charge in [-0.3, -0.25) is 14.8 Å². The number of nitrogens with zero attached hydrogens (tertiary/aromatic N) is 2. The van der Waals surface area contributed by atoms with Crippen LogP contribution >= 0.6 is 0 Å². The average Bonchev–Trinajstić information content (AvgIpc) is 2.63. The summed E-state index contributed by atoms with van der Waals surface area (Å²) >= 11 is 0. The van der Waals surface area contributed by atoms with Crippen molar-refractivity contribution in [1.29, 1.82) is 0 Å². The van der Waals surface area contributed by atoms with Crippen LogP contribution in [0.2, 0.25) is 0 Å². The number of methoxy groups -OCH3 is 1. The molecular formula is C19H17N3O4. The second-order valence-corrected chi connectivity index (χ2v) is 5.60. The summed E-state index contributed by atoms with van der Waals surface area (Å²) in [6.45, 7) is 1.91. The molecule has 26 heavy (non-hydrogen) atoms. The number of aromatic amines is 1. The summed E-state index contributed by atoms with van der Waals surface area (Å²) in [5.74, 6) is 0.0350. The summed E-state index contributed by atoms with van der Waals surface area (Å²) in [5, 5.41) is 10.5. The highest BCUT2D eigenvalue weighted by molar-refractivity contribution is 5.85. The highest BCUT2D eigenvalue weighted by atomic mass is 16.5. The fraction of sp³-hybridized carbons (Fsp3) is 0.105. The first-order valence-electron chi connectivity index (χ1n) is 7.83. The Kier molecular flexibility index (Phi) is 4.70. The van der Waals surface area contributed by atoms with Crippen LogP contribution in [0.1, 0.15) is 11.1 Å². The van der Waals surface area contributed by atoms with Crippen molar-refractivity contribution in [3.05, 3.63) is 80.5 Å². The minimum atomic E-state index is -0.731. The van der Waals surface area contributed by atoms with Gasteiger partial charge in [-0.1, -0.05) is 29.8 Å². The summed E-state index contributed by atoms with van der Waals surface area (Å²) in [6.07, 6.45) is 1.20. The predicted molar refractivity (Wildman–Crippen MR) is 99.3 cm³/mol. The third-order valence-electron chi connectivity index (χ3n) is 3.83. The number of hydrogen-bond acceptors (Lipinski definition) is 5. The number of benzene rings is 2. The van der Waals surface area contributed by atoms with Gasteiger partial charge in [-0.25, -0.2) is 9.36 Å². The molecule has 0 aliphatic heterocycles. The molecule has 0 saturated carbocycles. The molecular weight excluding hydrogens is 334 g/mol. The van der Waals surface area contributed by atoms with Crippen molar-refractivity contribution in [1.82, 2.24) is 9.55 Å². The Morgan fingerprint density at radius 1 is 1.12 bits per heavy atom. The zero-order valence-corrected chi connectivity index (χ0v) is 14.3. The van der Waals surface area contributed by atoms with E-state index in [4.69, 9.17) is 4.74 Å². The van der Waals surface area contributed by atoms with E-state index in [2.05, 4.69) is 9.98 Å². The van der Waals surface area contributed by atoms with Gasteiger partial charge in [0.25, 0.3) is 5.56 Å². The molecule has 132 valence electrons. The fourth-order valence-corrected chi connectivity index (χ4v) is 2.46. The summed E-state index contributed by atoms with van der Waals surface area (Å²) in [5.41, 5.74) is 0.336. The van der Waals surface area contributed by atoms with E-state index in [-0.39, 0.29) is 5.56 Å². The van der Waals surface area contributed by atoms with Gasteiger partial charge in [0.05, 0.1) is 12.8 Å². The zero-order chi connectivity index (χ0) is 18.7. The minimum absolute atomic E-state index is 0.129. The highest BCUT2D eigenvalue weighted by Crippen LogP contribution is 2.26.